The molecule has 1 rings (SSSR count). The van der Waals surface area contributed by atoms with E-state index in [2.05, 4.69) is 42.2 Å². The smallest absolute Gasteiger partial charge is 0.401 e. The van der Waals surface area contributed by atoms with Crippen molar-refractivity contribution in [1.29, 1.82) is 0 Å². The van der Waals surface area contributed by atoms with E-state index in [1.807, 2.05) is 0 Å². The summed E-state index contributed by atoms with van der Waals surface area (Å²) in [6, 6.07) is 0.295. The van der Waals surface area contributed by atoms with Crippen molar-refractivity contribution in [2.75, 3.05) is 13.2 Å². The van der Waals surface area contributed by atoms with E-state index < -0.39 is 24.7 Å². The third kappa shape index (κ3) is 5.37. The second-order valence-electron chi connectivity index (χ2n) is 3.70. The highest BCUT2D eigenvalue weighted by Gasteiger charge is 2.32. The number of halogens is 5. The third-order valence-electron chi connectivity index (χ3n) is 2.14. The van der Waals surface area contributed by atoms with Crippen molar-refractivity contribution in [1.82, 2.24) is 10.3 Å². The van der Waals surface area contributed by atoms with Gasteiger partial charge in [-0.1, -0.05) is 0 Å². The van der Waals surface area contributed by atoms with Gasteiger partial charge >= 0.3 is 12.1 Å². The van der Waals surface area contributed by atoms with Crippen LogP contribution in [-0.2, 0) is 9.53 Å². The lowest BCUT2D eigenvalue weighted by Gasteiger charge is -2.19. The maximum atomic E-state index is 12.3. The van der Waals surface area contributed by atoms with Crippen molar-refractivity contribution in [3.63, 3.8) is 0 Å². The molecule has 1 N–H and O–H groups in total. The summed E-state index contributed by atoms with van der Waals surface area (Å²) < 4.78 is 42.7. The second-order valence-corrected chi connectivity index (χ2v) is 5.47. The van der Waals surface area contributed by atoms with E-state index in [1.54, 1.807) is 13.0 Å². The molecule has 0 radical (unpaired) electrons. The molecule has 1 aromatic rings. The molecule has 0 aliphatic rings. The van der Waals surface area contributed by atoms with Crippen molar-refractivity contribution in [2.24, 2.45) is 0 Å². The van der Waals surface area contributed by atoms with E-state index in [-0.39, 0.29) is 12.3 Å². The zero-order chi connectivity index (χ0) is 15.3. The van der Waals surface area contributed by atoms with Crippen molar-refractivity contribution >= 4 is 37.8 Å². The van der Waals surface area contributed by atoms with E-state index in [1.165, 1.54) is 6.20 Å². The van der Waals surface area contributed by atoms with E-state index in [9.17, 15) is 18.0 Å². The first-order valence-electron chi connectivity index (χ1n) is 5.52. The van der Waals surface area contributed by atoms with Crippen LogP contribution in [0.15, 0.2) is 21.2 Å². The largest absolute Gasteiger partial charge is 0.465 e. The molecule has 0 saturated carbocycles. The van der Waals surface area contributed by atoms with Gasteiger partial charge in [-0.05, 0) is 44.8 Å². The molecule has 0 aliphatic heterocycles. The first-order chi connectivity index (χ1) is 9.24. The number of carbonyl (C=O) groups excluding carboxylic acids is 1. The molecule has 0 spiro atoms. The van der Waals surface area contributed by atoms with Gasteiger partial charge < -0.3 is 4.74 Å². The van der Waals surface area contributed by atoms with Crippen LogP contribution in [0.1, 0.15) is 18.7 Å². The van der Waals surface area contributed by atoms with E-state index in [4.69, 9.17) is 4.74 Å². The van der Waals surface area contributed by atoms with Crippen LogP contribution in [0.4, 0.5) is 13.2 Å². The van der Waals surface area contributed by atoms with Crippen molar-refractivity contribution in [3.05, 3.63) is 26.9 Å². The Bertz CT molecular complexity index is 483. The average Bonchev–Trinajstić information content (AvgIpc) is 2.30. The van der Waals surface area contributed by atoms with Gasteiger partial charge in [0.15, 0.2) is 0 Å². The summed E-state index contributed by atoms with van der Waals surface area (Å²) in [4.78, 5) is 15.7. The minimum absolute atomic E-state index is 0.0666. The summed E-state index contributed by atoms with van der Waals surface area (Å²) in [6.07, 6.45) is -3.05. The molecule has 1 heterocycles. The number of nitrogens with one attached hydrogen (secondary N) is 1. The number of carbonyl (C=O) groups is 1. The summed E-state index contributed by atoms with van der Waals surface area (Å²) in [5.74, 6) is -0.813. The lowest BCUT2D eigenvalue weighted by atomic mass is 10.2. The average molecular weight is 420 g/mol. The van der Waals surface area contributed by atoms with Gasteiger partial charge in [-0.15, -0.1) is 0 Å². The molecule has 112 valence electrons. The predicted molar refractivity (Wildman–Crippen MR) is 73.1 cm³/mol. The first kappa shape index (κ1) is 17.4. The number of nitrogens with zero attached hydrogens (tertiary/aromatic N) is 1. The Morgan fingerprint density at radius 3 is 2.65 bits per heavy atom. The Balaban J connectivity index is 3.00. The number of esters is 1. The van der Waals surface area contributed by atoms with E-state index in [0.717, 1.165) is 0 Å². The summed E-state index contributed by atoms with van der Waals surface area (Å²) in [6.45, 7) is 0.320. The third-order valence-corrected chi connectivity index (χ3v) is 3.21. The number of hydrogen-bond acceptors (Lipinski definition) is 4. The molecule has 0 aromatic carbocycles. The molecule has 9 heteroatoms. The number of aromatic nitrogens is 1. The normalized spacial score (nSPS) is 13.1. The van der Waals surface area contributed by atoms with Crippen LogP contribution in [0.25, 0.3) is 0 Å². The Morgan fingerprint density at radius 2 is 2.15 bits per heavy atom. The summed E-state index contributed by atoms with van der Waals surface area (Å²) in [7, 11) is 0. The van der Waals surface area contributed by atoms with Crippen molar-refractivity contribution in [2.45, 2.75) is 19.1 Å². The van der Waals surface area contributed by atoms with Crippen LogP contribution in [0.2, 0.25) is 0 Å². The van der Waals surface area contributed by atoms with Crippen molar-refractivity contribution in [3.8, 4) is 0 Å². The van der Waals surface area contributed by atoms with Gasteiger partial charge in [-0.2, -0.15) is 13.2 Å². The molecule has 0 amide bonds. The highest BCUT2D eigenvalue weighted by atomic mass is 79.9. The Hall–Kier alpha value is -0.670. The van der Waals surface area contributed by atoms with Gasteiger partial charge in [-0.25, -0.2) is 4.79 Å². The number of hydrogen-bond donors (Lipinski definition) is 1. The molecule has 0 aliphatic carbocycles. The molecule has 0 bridgehead atoms. The zero-order valence-corrected chi connectivity index (χ0v) is 13.5. The molecular weight excluding hydrogens is 409 g/mol. The molecule has 1 aromatic heterocycles. The number of ether oxygens (including phenoxy) is 1. The second kappa shape index (κ2) is 7.37. The number of rotatable bonds is 5. The van der Waals surface area contributed by atoms with Crippen LogP contribution >= 0.6 is 31.9 Å². The minimum Gasteiger partial charge on any atom is -0.465 e. The predicted octanol–water partition coefficient (Wildman–Crippen LogP) is 3.36. The molecular formula is C11H11Br2F3N2O2. The van der Waals surface area contributed by atoms with Gasteiger partial charge in [0.25, 0.3) is 0 Å². The quantitative estimate of drug-likeness (QED) is 0.743. The number of pyridine rings is 1. The van der Waals surface area contributed by atoms with Crippen LogP contribution in [0.3, 0.4) is 0 Å². The van der Waals surface area contributed by atoms with Crippen LogP contribution < -0.4 is 5.32 Å². The molecule has 0 fully saturated rings. The SMILES string of the molecule is CCOC(=O)C(NCC(F)(F)F)c1ncc(Br)cc1Br. The Morgan fingerprint density at radius 1 is 1.50 bits per heavy atom. The fourth-order valence-corrected chi connectivity index (χ4v) is 2.59. The molecule has 0 saturated heterocycles. The highest BCUT2D eigenvalue weighted by Crippen LogP contribution is 2.26. The zero-order valence-electron chi connectivity index (χ0n) is 10.3. The fraction of sp³-hybridized carbons (Fsp3) is 0.455. The van der Waals surface area contributed by atoms with Crippen molar-refractivity contribution < 1.29 is 22.7 Å². The standard InChI is InChI=1S/C11H11Br2F3N2O2/c1-2-20-10(19)9(18-5-11(14,15)16)8-7(13)3-6(12)4-17-8/h3-4,9,18H,2,5H2,1H3. The van der Waals surface area contributed by atoms with Crippen LogP contribution in [-0.4, -0.2) is 30.3 Å². The topological polar surface area (TPSA) is 51.2 Å². The maximum absolute atomic E-state index is 12.3. The highest BCUT2D eigenvalue weighted by molar-refractivity contribution is 9.11. The summed E-state index contributed by atoms with van der Waals surface area (Å²) in [5.41, 5.74) is 0.135. The molecule has 20 heavy (non-hydrogen) atoms. The van der Waals surface area contributed by atoms with E-state index >= 15 is 0 Å². The van der Waals surface area contributed by atoms with Gasteiger partial charge in [0.2, 0.25) is 0 Å². The van der Waals surface area contributed by atoms with Gasteiger partial charge in [0.1, 0.15) is 6.04 Å². The monoisotopic (exact) mass is 418 g/mol. The van der Waals surface area contributed by atoms with Crippen LogP contribution in [0.5, 0.6) is 0 Å². The Kier molecular flexibility index (Phi) is 6.41. The lowest BCUT2D eigenvalue weighted by Crippen LogP contribution is -2.37. The van der Waals surface area contributed by atoms with Gasteiger partial charge in [-0.3, -0.25) is 10.3 Å². The maximum Gasteiger partial charge on any atom is 0.401 e. The number of alkyl halides is 3. The Labute approximate surface area is 130 Å². The molecule has 1 unspecified atom stereocenters. The van der Waals surface area contributed by atoms with Crippen LogP contribution in [0, 0.1) is 0 Å². The fourth-order valence-electron chi connectivity index (χ4n) is 1.37. The molecule has 4 nitrogen and oxygen atoms in total. The lowest BCUT2D eigenvalue weighted by molar-refractivity contribution is -0.149. The summed E-state index contributed by atoms with van der Waals surface area (Å²) in [5, 5.41) is 2.11. The minimum atomic E-state index is -4.44. The summed E-state index contributed by atoms with van der Waals surface area (Å²) >= 11 is 6.34. The van der Waals surface area contributed by atoms with E-state index in [0.29, 0.717) is 8.95 Å². The first-order valence-corrected chi connectivity index (χ1v) is 7.11. The van der Waals surface area contributed by atoms with Gasteiger partial charge in [0, 0.05) is 15.1 Å². The molecule has 1 atom stereocenters. The van der Waals surface area contributed by atoms with Gasteiger partial charge in [0.05, 0.1) is 18.8 Å².